The maximum absolute atomic E-state index is 14.6. The number of benzene rings is 1. The van der Waals surface area contributed by atoms with Crippen molar-refractivity contribution in [2.75, 3.05) is 42.7 Å². The van der Waals surface area contributed by atoms with Crippen LogP contribution < -0.4 is 9.05 Å². The lowest BCUT2D eigenvalue weighted by atomic mass is 9.73. The molecule has 2 N–H and O–H groups in total. The van der Waals surface area contributed by atoms with Crippen molar-refractivity contribution in [3.05, 3.63) is 47.1 Å². The van der Waals surface area contributed by atoms with E-state index in [1.807, 2.05) is 26.8 Å². The van der Waals surface area contributed by atoms with Gasteiger partial charge in [0.1, 0.15) is 11.5 Å². The second kappa shape index (κ2) is 17.2. The van der Waals surface area contributed by atoms with E-state index < -0.39 is 46.5 Å². The predicted octanol–water partition coefficient (Wildman–Crippen LogP) is 9.18. The van der Waals surface area contributed by atoms with Crippen LogP contribution in [0.4, 0.5) is 0 Å². The highest BCUT2D eigenvalue weighted by atomic mass is 31.2. The van der Waals surface area contributed by atoms with Crippen LogP contribution in [-0.2, 0) is 51.8 Å². The molecular weight excluding hydrogens is 720 g/mol. The van der Waals surface area contributed by atoms with Gasteiger partial charge >= 0.3 is 30.4 Å². The molecule has 0 amide bonds. The van der Waals surface area contributed by atoms with E-state index in [2.05, 4.69) is 6.58 Å². The smallest absolute Gasteiger partial charge is 0.422 e. The number of allylic oxidation sites excluding steroid dienone is 3. The molecule has 0 radical (unpaired) electrons. The molecule has 0 fully saturated rings. The van der Waals surface area contributed by atoms with Crippen molar-refractivity contribution in [3.63, 3.8) is 0 Å². The van der Waals surface area contributed by atoms with E-state index in [0.29, 0.717) is 24.8 Å². The Bertz CT molecular complexity index is 1450. The Morgan fingerprint density at radius 1 is 0.796 bits per heavy atom. The van der Waals surface area contributed by atoms with Gasteiger partial charge in [-0.1, -0.05) is 43.6 Å². The predicted molar refractivity (Wildman–Crippen MR) is 189 cm³/mol. The molecule has 14 nitrogen and oxygen atoms in total. The van der Waals surface area contributed by atoms with Crippen LogP contribution >= 0.6 is 30.4 Å². The number of hydrogen-bond acceptors (Lipinski definition) is 14. The number of hydrogen-bond donors (Lipinski definition) is 2. The van der Waals surface area contributed by atoms with Crippen molar-refractivity contribution in [3.8, 4) is 11.5 Å². The molecule has 0 aliphatic heterocycles. The molecule has 1 aliphatic carbocycles. The van der Waals surface area contributed by atoms with Crippen molar-refractivity contribution >= 4 is 30.4 Å². The van der Waals surface area contributed by atoms with Gasteiger partial charge in [-0.05, 0) is 77.0 Å². The zero-order chi connectivity index (χ0) is 37.6. The van der Waals surface area contributed by atoms with E-state index >= 15 is 0 Å². The quantitative estimate of drug-likeness (QED) is 0.0726. The molecule has 0 heterocycles. The first-order valence-electron chi connectivity index (χ1n) is 15.8. The van der Waals surface area contributed by atoms with Crippen LogP contribution in [0.2, 0.25) is 0 Å². The van der Waals surface area contributed by atoms with E-state index in [9.17, 15) is 28.5 Å². The van der Waals surface area contributed by atoms with Crippen molar-refractivity contribution in [2.45, 2.75) is 89.2 Å². The van der Waals surface area contributed by atoms with E-state index in [1.54, 1.807) is 12.1 Å². The molecule has 282 valence electrons. The molecule has 6 unspecified atom stereocenters. The minimum absolute atomic E-state index is 0.139. The number of aryl methyl sites for hydroxylation is 1. The van der Waals surface area contributed by atoms with Crippen LogP contribution in [0.15, 0.2) is 35.9 Å². The molecule has 0 spiro atoms. The molecule has 0 saturated carbocycles. The van der Waals surface area contributed by atoms with Crippen molar-refractivity contribution < 1.29 is 64.7 Å². The minimum Gasteiger partial charge on any atom is -0.422 e. The van der Waals surface area contributed by atoms with Crippen LogP contribution in [0.3, 0.4) is 0 Å². The summed E-state index contributed by atoms with van der Waals surface area (Å²) in [5, 5.41) is 17.4. The lowest BCUT2D eigenvalue weighted by Crippen LogP contribution is -2.30. The Labute approximate surface area is 291 Å². The summed E-state index contributed by atoms with van der Waals surface area (Å²) in [4.78, 5) is 0. The van der Waals surface area contributed by atoms with Gasteiger partial charge in [0.25, 0.3) is 10.2 Å². The summed E-state index contributed by atoms with van der Waals surface area (Å²) in [6, 6.07) is 3.17. The summed E-state index contributed by atoms with van der Waals surface area (Å²) >= 11 is 0. The first kappa shape index (κ1) is 44.1. The molecule has 49 heavy (non-hydrogen) atoms. The van der Waals surface area contributed by atoms with Crippen LogP contribution in [0, 0.1) is 5.92 Å². The van der Waals surface area contributed by atoms with E-state index in [-0.39, 0.29) is 23.0 Å². The third-order valence-corrected chi connectivity index (χ3v) is 19.7. The Hall–Kier alpha value is -1.10. The highest BCUT2D eigenvalue weighted by Crippen LogP contribution is 2.77. The lowest BCUT2D eigenvalue weighted by molar-refractivity contribution is 0.124. The molecule has 6 atom stereocenters. The summed E-state index contributed by atoms with van der Waals surface area (Å²) in [6.07, 6.45) is 6.21. The summed E-state index contributed by atoms with van der Waals surface area (Å²) < 4.78 is 99.1. The fourth-order valence-corrected chi connectivity index (χ4v) is 13.6. The van der Waals surface area contributed by atoms with Crippen molar-refractivity contribution in [2.24, 2.45) is 5.92 Å². The molecule has 0 aromatic heterocycles. The standard InChI is InChI=1S/C31H54O14P4/c1-13-14-15-16-24-20-27(44-48(36,42-11)30(5,32)46(34,38-7)39-8)29(26-19-23(4)17-18-25(26)22(2)3)28(21-24)45-49(37,43-12)31(6,33)47(35,40-9)41-10/h19-21,25-26,32-33H,2,13-18H2,1,3-12H3. The Balaban J connectivity index is 3.14. The summed E-state index contributed by atoms with van der Waals surface area (Å²) in [6.45, 7) is 11.9. The van der Waals surface area contributed by atoms with Crippen LogP contribution in [0.25, 0.3) is 0 Å². The van der Waals surface area contributed by atoms with Gasteiger partial charge in [0.05, 0.1) is 0 Å². The second-order valence-corrected chi connectivity index (χ2v) is 22.9. The topological polar surface area (TPSA) is 183 Å². The maximum Gasteiger partial charge on any atom is 0.422 e. The van der Waals surface area contributed by atoms with Gasteiger partial charge in [-0.15, -0.1) is 0 Å². The molecule has 2 rings (SSSR count). The van der Waals surface area contributed by atoms with E-state index in [0.717, 1.165) is 86.9 Å². The van der Waals surface area contributed by atoms with Crippen LogP contribution in [-0.4, -0.2) is 63.0 Å². The van der Waals surface area contributed by atoms with Gasteiger partial charge < -0.3 is 46.4 Å². The van der Waals surface area contributed by atoms with Gasteiger partial charge in [0, 0.05) is 54.1 Å². The molecule has 18 heteroatoms. The monoisotopic (exact) mass is 774 g/mol. The largest absolute Gasteiger partial charge is 0.422 e. The first-order chi connectivity index (χ1) is 22.7. The molecule has 0 bridgehead atoms. The maximum atomic E-state index is 14.6. The summed E-state index contributed by atoms with van der Waals surface area (Å²) in [5.41, 5.74) is 2.50. The fourth-order valence-electron chi connectivity index (χ4n) is 5.76. The third-order valence-electron chi connectivity index (χ3n) is 8.90. The summed E-state index contributed by atoms with van der Waals surface area (Å²) in [5.74, 6) is -1.16. The Kier molecular flexibility index (Phi) is 15.4. The van der Waals surface area contributed by atoms with Gasteiger partial charge in [0.15, 0.2) is 0 Å². The molecule has 1 aliphatic rings. The van der Waals surface area contributed by atoms with Gasteiger partial charge in [-0.2, -0.15) is 0 Å². The fraction of sp³-hybridized carbons (Fsp3) is 0.677. The van der Waals surface area contributed by atoms with Crippen LogP contribution in [0.5, 0.6) is 11.5 Å². The molecule has 1 aromatic carbocycles. The zero-order valence-corrected chi connectivity index (χ0v) is 34.0. The normalized spacial score (nSPS) is 22.2. The highest BCUT2D eigenvalue weighted by Gasteiger charge is 2.63. The second-order valence-electron chi connectivity index (χ2n) is 12.2. The molecule has 1 aromatic rings. The lowest BCUT2D eigenvalue weighted by Gasteiger charge is -2.38. The number of aliphatic hydroxyl groups is 2. The summed E-state index contributed by atoms with van der Waals surface area (Å²) in [7, 11) is -12.8. The zero-order valence-electron chi connectivity index (χ0n) is 30.4. The Morgan fingerprint density at radius 2 is 1.20 bits per heavy atom. The average Bonchev–Trinajstić information content (AvgIpc) is 3.06. The first-order valence-corrected chi connectivity index (χ1v) is 21.9. The van der Waals surface area contributed by atoms with Crippen molar-refractivity contribution in [1.82, 2.24) is 0 Å². The van der Waals surface area contributed by atoms with Crippen molar-refractivity contribution in [1.29, 1.82) is 0 Å². The van der Waals surface area contributed by atoms with Gasteiger partial charge in [-0.3, -0.25) is 9.13 Å². The molecular formula is C31H54O14P4. The average molecular weight is 775 g/mol. The van der Waals surface area contributed by atoms with Crippen LogP contribution in [0.1, 0.15) is 83.8 Å². The number of unbranched alkanes of at least 4 members (excludes halogenated alkanes) is 2. The Morgan fingerprint density at radius 3 is 1.55 bits per heavy atom. The van der Waals surface area contributed by atoms with E-state index in [4.69, 9.17) is 36.2 Å². The minimum atomic E-state index is -4.91. The van der Waals surface area contributed by atoms with Gasteiger partial charge in [0.2, 0.25) is 0 Å². The molecule has 0 saturated heterocycles. The number of rotatable bonds is 20. The van der Waals surface area contributed by atoms with Gasteiger partial charge in [-0.25, -0.2) is 9.13 Å². The third kappa shape index (κ3) is 8.59. The SMILES string of the molecule is C=C(C)C1CCC(C)=CC1c1c(OP(=O)(OC)C(C)(O)P(=O)(OC)OC)cc(CCCCC)cc1OP(=O)(OC)C(C)(O)P(=O)(OC)OC. The van der Waals surface area contributed by atoms with E-state index in [1.165, 1.54) is 0 Å². The highest BCUT2D eigenvalue weighted by molar-refractivity contribution is 7.74.